The Labute approximate surface area is 162 Å². The summed E-state index contributed by atoms with van der Waals surface area (Å²) in [6.07, 6.45) is 0.658. The molecule has 0 spiro atoms. The Kier molecular flexibility index (Phi) is 4.99. The molecule has 7 heteroatoms. The minimum absolute atomic E-state index is 0.128. The van der Waals surface area contributed by atoms with E-state index in [1.165, 1.54) is 12.1 Å². The van der Waals surface area contributed by atoms with Crippen molar-refractivity contribution < 1.29 is 4.39 Å². The van der Waals surface area contributed by atoms with Gasteiger partial charge in [0.1, 0.15) is 17.5 Å². The smallest absolute Gasteiger partial charge is 0.153 e. The number of nitrogens with two attached hydrogens (primary N) is 1. The van der Waals surface area contributed by atoms with Crippen LogP contribution >= 0.6 is 0 Å². The number of aromatic amines is 1. The van der Waals surface area contributed by atoms with Crippen LogP contribution in [-0.2, 0) is 0 Å². The van der Waals surface area contributed by atoms with Gasteiger partial charge in [0.05, 0.1) is 5.52 Å². The van der Waals surface area contributed by atoms with Gasteiger partial charge in [0.15, 0.2) is 5.82 Å². The molecule has 4 aromatic rings. The maximum absolute atomic E-state index is 13.4. The number of hydrogen-bond donors (Lipinski definition) is 3. The fraction of sp³-hybridized carbons (Fsp3) is 0.190. The molecule has 1 atom stereocenters. The van der Waals surface area contributed by atoms with E-state index in [1.54, 1.807) is 12.1 Å². The summed E-state index contributed by atoms with van der Waals surface area (Å²) in [5.74, 6) is 1.61. The van der Waals surface area contributed by atoms with Crippen molar-refractivity contribution in [3.05, 3.63) is 77.5 Å². The zero-order valence-electron chi connectivity index (χ0n) is 15.5. The number of aryl methyl sites for hydroxylation is 1. The summed E-state index contributed by atoms with van der Waals surface area (Å²) < 4.78 is 13.4. The van der Waals surface area contributed by atoms with Crippen molar-refractivity contribution in [2.24, 2.45) is 5.73 Å². The number of halogens is 1. The van der Waals surface area contributed by atoms with Gasteiger partial charge in [0, 0.05) is 23.1 Å². The molecule has 0 amide bonds. The molecule has 0 saturated carbocycles. The maximum Gasteiger partial charge on any atom is 0.153 e. The van der Waals surface area contributed by atoms with E-state index in [4.69, 9.17) is 15.7 Å². The van der Waals surface area contributed by atoms with E-state index in [0.29, 0.717) is 30.4 Å². The summed E-state index contributed by atoms with van der Waals surface area (Å²) in [5.41, 5.74) is 8.56. The fourth-order valence-corrected chi connectivity index (χ4v) is 3.26. The number of hydrogen-bond acceptors (Lipinski definition) is 5. The molecule has 1 unspecified atom stereocenters. The molecule has 0 fully saturated rings. The molecule has 4 N–H and O–H groups in total. The zero-order valence-corrected chi connectivity index (χ0v) is 15.5. The standard InChI is InChI=1S/C21H21FN6/c1-13-12-19(28-27-13)25-21-17-4-2-3-5-18(17)24-20(26-21)16(10-11-23)14-6-8-15(22)9-7-14/h2-9,12,16H,10-11,23H2,1H3,(H2,24,25,26,27,28). The third kappa shape index (κ3) is 3.70. The minimum atomic E-state index is -0.272. The monoisotopic (exact) mass is 376 g/mol. The van der Waals surface area contributed by atoms with Crippen LogP contribution in [0.25, 0.3) is 10.9 Å². The lowest BCUT2D eigenvalue weighted by Gasteiger charge is -2.17. The number of H-pyrrole nitrogens is 1. The number of anilines is 2. The van der Waals surface area contributed by atoms with Gasteiger partial charge in [-0.2, -0.15) is 5.10 Å². The second-order valence-corrected chi connectivity index (χ2v) is 6.69. The molecule has 28 heavy (non-hydrogen) atoms. The molecule has 0 saturated heterocycles. The summed E-state index contributed by atoms with van der Waals surface area (Å²) in [5, 5.41) is 11.3. The Morgan fingerprint density at radius 2 is 1.89 bits per heavy atom. The molecular formula is C21H21FN6. The predicted molar refractivity (Wildman–Crippen MR) is 108 cm³/mol. The predicted octanol–water partition coefficient (Wildman–Crippen LogP) is 4.02. The average Bonchev–Trinajstić information content (AvgIpc) is 3.11. The Bertz CT molecular complexity index is 1090. The van der Waals surface area contributed by atoms with Crippen LogP contribution < -0.4 is 11.1 Å². The van der Waals surface area contributed by atoms with Crippen LogP contribution in [0, 0.1) is 12.7 Å². The van der Waals surface area contributed by atoms with E-state index in [9.17, 15) is 4.39 Å². The van der Waals surface area contributed by atoms with Gasteiger partial charge < -0.3 is 11.1 Å². The Morgan fingerprint density at radius 1 is 1.11 bits per heavy atom. The highest BCUT2D eigenvalue weighted by atomic mass is 19.1. The van der Waals surface area contributed by atoms with Gasteiger partial charge in [-0.1, -0.05) is 24.3 Å². The number of rotatable bonds is 6. The fourth-order valence-electron chi connectivity index (χ4n) is 3.26. The highest BCUT2D eigenvalue weighted by Crippen LogP contribution is 2.30. The lowest BCUT2D eigenvalue weighted by molar-refractivity contribution is 0.623. The molecule has 2 aromatic carbocycles. The molecule has 0 aliphatic rings. The maximum atomic E-state index is 13.4. The second kappa shape index (κ2) is 7.74. The van der Waals surface area contributed by atoms with E-state index >= 15 is 0 Å². The van der Waals surface area contributed by atoms with Gasteiger partial charge in [-0.3, -0.25) is 5.10 Å². The number of aromatic nitrogens is 4. The molecule has 0 aliphatic carbocycles. The van der Waals surface area contributed by atoms with Crippen LogP contribution in [0.15, 0.2) is 54.6 Å². The van der Waals surface area contributed by atoms with Crippen molar-refractivity contribution >= 4 is 22.5 Å². The van der Waals surface area contributed by atoms with Crippen LogP contribution in [0.5, 0.6) is 0 Å². The highest BCUT2D eigenvalue weighted by molar-refractivity contribution is 5.90. The number of benzene rings is 2. The van der Waals surface area contributed by atoms with Crippen molar-refractivity contribution in [2.75, 3.05) is 11.9 Å². The molecule has 6 nitrogen and oxygen atoms in total. The average molecular weight is 376 g/mol. The molecule has 0 radical (unpaired) electrons. The van der Waals surface area contributed by atoms with Crippen molar-refractivity contribution in [1.82, 2.24) is 20.2 Å². The van der Waals surface area contributed by atoms with Crippen molar-refractivity contribution in [3.63, 3.8) is 0 Å². The first-order chi connectivity index (χ1) is 13.6. The van der Waals surface area contributed by atoms with Gasteiger partial charge in [0.25, 0.3) is 0 Å². The van der Waals surface area contributed by atoms with Gasteiger partial charge in [0.2, 0.25) is 0 Å². The van der Waals surface area contributed by atoms with Crippen molar-refractivity contribution in [3.8, 4) is 0 Å². The van der Waals surface area contributed by atoms with E-state index in [1.807, 2.05) is 37.3 Å². The summed E-state index contributed by atoms with van der Waals surface area (Å²) in [7, 11) is 0. The summed E-state index contributed by atoms with van der Waals surface area (Å²) in [6, 6.07) is 16.1. The first-order valence-corrected chi connectivity index (χ1v) is 9.15. The summed E-state index contributed by atoms with van der Waals surface area (Å²) in [4.78, 5) is 9.57. The summed E-state index contributed by atoms with van der Waals surface area (Å²) in [6.45, 7) is 2.41. The third-order valence-electron chi connectivity index (χ3n) is 4.61. The van der Waals surface area contributed by atoms with E-state index in [-0.39, 0.29) is 11.7 Å². The van der Waals surface area contributed by atoms with Gasteiger partial charge >= 0.3 is 0 Å². The Hall–Kier alpha value is -3.32. The highest BCUT2D eigenvalue weighted by Gasteiger charge is 2.19. The number of nitrogens with zero attached hydrogens (tertiary/aromatic N) is 3. The normalized spacial score (nSPS) is 12.2. The first kappa shape index (κ1) is 18.1. The molecule has 4 rings (SSSR count). The lowest BCUT2D eigenvalue weighted by atomic mass is 9.94. The van der Waals surface area contributed by atoms with Crippen LogP contribution in [0.1, 0.15) is 29.4 Å². The van der Waals surface area contributed by atoms with Crippen LogP contribution in [0.3, 0.4) is 0 Å². The van der Waals surface area contributed by atoms with Gasteiger partial charge in [-0.15, -0.1) is 0 Å². The van der Waals surface area contributed by atoms with E-state index in [0.717, 1.165) is 22.2 Å². The van der Waals surface area contributed by atoms with Crippen LogP contribution in [0.2, 0.25) is 0 Å². The van der Waals surface area contributed by atoms with Crippen molar-refractivity contribution in [2.45, 2.75) is 19.3 Å². The molecule has 142 valence electrons. The molecule has 2 heterocycles. The minimum Gasteiger partial charge on any atom is -0.330 e. The molecule has 0 bridgehead atoms. The quantitative estimate of drug-likeness (QED) is 0.473. The largest absolute Gasteiger partial charge is 0.330 e. The van der Waals surface area contributed by atoms with Gasteiger partial charge in [-0.25, -0.2) is 14.4 Å². The van der Waals surface area contributed by atoms with Crippen molar-refractivity contribution in [1.29, 1.82) is 0 Å². The number of nitrogens with one attached hydrogen (secondary N) is 2. The second-order valence-electron chi connectivity index (χ2n) is 6.69. The molecular weight excluding hydrogens is 355 g/mol. The Morgan fingerprint density at radius 3 is 2.61 bits per heavy atom. The van der Waals surface area contributed by atoms with Crippen LogP contribution in [-0.4, -0.2) is 26.7 Å². The Balaban J connectivity index is 1.82. The van der Waals surface area contributed by atoms with E-state index < -0.39 is 0 Å². The molecule has 2 aromatic heterocycles. The summed E-state index contributed by atoms with van der Waals surface area (Å²) >= 11 is 0. The zero-order chi connectivity index (χ0) is 19.5. The number of fused-ring (bicyclic) bond motifs is 1. The lowest BCUT2D eigenvalue weighted by Crippen LogP contribution is -2.13. The first-order valence-electron chi connectivity index (χ1n) is 9.15. The van der Waals surface area contributed by atoms with E-state index in [2.05, 4.69) is 15.5 Å². The van der Waals surface area contributed by atoms with Crippen LogP contribution in [0.4, 0.5) is 16.0 Å². The topological polar surface area (TPSA) is 92.5 Å². The van der Waals surface area contributed by atoms with Gasteiger partial charge in [-0.05, 0) is 49.7 Å². The third-order valence-corrected chi connectivity index (χ3v) is 4.61. The SMILES string of the molecule is Cc1cc(Nc2nc(C(CCN)c3ccc(F)cc3)nc3ccccc23)n[nH]1. The number of para-hydroxylation sites is 1. The molecule has 0 aliphatic heterocycles.